The number of aromatic nitrogens is 1. The number of rotatable bonds is 11. The molecule has 0 aliphatic carbocycles. The molecule has 2 aromatic rings. The number of esters is 2. The summed E-state index contributed by atoms with van der Waals surface area (Å²) in [5.41, 5.74) is 0.639. The third-order valence-corrected chi connectivity index (χ3v) is 8.70. The topological polar surface area (TPSA) is 141 Å². The van der Waals surface area contributed by atoms with E-state index in [0.29, 0.717) is 39.7 Å². The van der Waals surface area contributed by atoms with Crippen LogP contribution >= 0.6 is 27.3 Å². The van der Waals surface area contributed by atoms with E-state index in [0.717, 1.165) is 0 Å². The monoisotopic (exact) mass is 737 g/mol. The molecular formula is C32H41BrFN5O7S. The molecule has 0 bridgehead atoms. The SMILES string of the molecule is CCOC(=O)C1=C(CN2CCOC[C@H]2COC(=O)[C@@H](NC(=O)OC(C)(C)C)C(C)C)NC(c2nccs2)=NC1c1ccc(F)cc1Br. The zero-order chi connectivity index (χ0) is 34.3. The van der Waals surface area contributed by atoms with Gasteiger partial charge in [-0.2, -0.15) is 0 Å². The Bertz CT molecular complexity index is 1490. The molecule has 3 atom stereocenters. The van der Waals surface area contributed by atoms with Gasteiger partial charge in [0.05, 0.1) is 31.4 Å². The molecule has 1 amide bonds. The summed E-state index contributed by atoms with van der Waals surface area (Å²) in [6.45, 7) is 12.0. The van der Waals surface area contributed by atoms with E-state index in [2.05, 4.69) is 31.5 Å². The number of halogens is 2. The molecule has 1 aromatic carbocycles. The van der Waals surface area contributed by atoms with Crippen molar-refractivity contribution in [2.75, 3.05) is 39.5 Å². The normalized spacial score (nSPS) is 19.5. The first-order chi connectivity index (χ1) is 22.3. The summed E-state index contributed by atoms with van der Waals surface area (Å²) in [5, 5.41) is 8.37. The first kappa shape index (κ1) is 36.4. The molecule has 0 radical (unpaired) electrons. The van der Waals surface area contributed by atoms with Gasteiger partial charge in [0.25, 0.3) is 0 Å². The number of morpholine rings is 1. The molecule has 12 nitrogen and oxygen atoms in total. The second kappa shape index (κ2) is 16.1. The molecule has 1 saturated heterocycles. The van der Waals surface area contributed by atoms with Gasteiger partial charge in [-0.15, -0.1) is 11.3 Å². The smallest absolute Gasteiger partial charge is 0.408 e. The number of nitrogens with one attached hydrogen (secondary N) is 2. The average Bonchev–Trinajstić information content (AvgIpc) is 3.53. The lowest BCUT2D eigenvalue weighted by molar-refractivity contribution is -0.151. The average molecular weight is 739 g/mol. The number of amidine groups is 1. The largest absolute Gasteiger partial charge is 0.463 e. The second-order valence-corrected chi connectivity index (χ2v) is 14.1. The van der Waals surface area contributed by atoms with Crippen molar-refractivity contribution in [3.8, 4) is 0 Å². The van der Waals surface area contributed by atoms with Crippen LogP contribution in [0.3, 0.4) is 0 Å². The molecule has 47 heavy (non-hydrogen) atoms. The highest BCUT2D eigenvalue weighted by atomic mass is 79.9. The van der Waals surface area contributed by atoms with E-state index in [-0.39, 0.29) is 43.9 Å². The molecule has 3 heterocycles. The van der Waals surface area contributed by atoms with Gasteiger partial charge in [0.15, 0.2) is 10.8 Å². The molecule has 4 rings (SSSR count). The van der Waals surface area contributed by atoms with Gasteiger partial charge in [0, 0.05) is 34.8 Å². The van der Waals surface area contributed by atoms with Crippen molar-refractivity contribution < 1.29 is 37.7 Å². The summed E-state index contributed by atoms with van der Waals surface area (Å²) < 4.78 is 36.8. The molecule has 2 aliphatic heterocycles. The summed E-state index contributed by atoms with van der Waals surface area (Å²) in [7, 11) is 0. The molecule has 2 aliphatic rings. The van der Waals surface area contributed by atoms with E-state index in [4.69, 9.17) is 23.9 Å². The van der Waals surface area contributed by atoms with Crippen molar-refractivity contribution >= 4 is 51.1 Å². The Kier molecular flexibility index (Phi) is 12.5. The number of aliphatic imine (C=N–C) groups is 1. The van der Waals surface area contributed by atoms with Crippen LogP contribution in [0.25, 0.3) is 0 Å². The van der Waals surface area contributed by atoms with E-state index in [1.807, 2.05) is 10.3 Å². The third-order valence-electron chi connectivity index (χ3n) is 7.23. The predicted octanol–water partition coefficient (Wildman–Crippen LogP) is 4.75. The molecule has 2 N–H and O–H groups in total. The van der Waals surface area contributed by atoms with Crippen molar-refractivity contribution in [1.82, 2.24) is 20.5 Å². The van der Waals surface area contributed by atoms with Gasteiger partial charge in [-0.3, -0.25) is 9.89 Å². The second-order valence-electron chi connectivity index (χ2n) is 12.3. The Labute approximate surface area is 286 Å². The highest BCUT2D eigenvalue weighted by molar-refractivity contribution is 9.10. The number of nitrogens with zero attached hydrogens (tertiary/aromatic N) is 3. The van der Waals surface area contributed by atoms with Gasteiger partial charge in [-0.05, 0) is 51.3 Å². The number of ether oxygens (including phenoxy) is 4. The first-order valence-corrected chi connectivity index (χ1v) is 17.0. The van der Waals surface area contributed by atoms with Gasteiger partial charge in [0.1, 0.15) is 30.1 Å². The molecule has 1 unspecified atom stereocenters. The third kappa shape index (κ3) is 9.81. The molecule has 1 aromatic heterocycles. The van der Waals surface area contributed by atoms with Crippen LogP contribution in [0.1, 0.15) is 58.2 Å². The summed E-state index contributed by atoms with van der Waals surface area (Å²) in [4.78, 5) is 50.5. The first-order valence-electron chi connectivity index (χ1n) is 15.3. The Morgan fingerprint density at radius 2 is 2.02 bits per heavy atom. The molecule has 0 spiro atoms. The Morgan fingerprint density at radius 3 is 2.66 bits per heavy atom. The Morgan fingerprint density at radius 1 is 1.26 bits per heavy atom. The summed E-state index contributed by atoms with van der Waals surface area (Å²) in [6.07, 6.45) is 0.948. The van der Waals surface area contributed by atoms with Crippen molar-refractivity contribution in [3.63, 3.8) is 0 Å². The van der Waals surface area contributed by atoms with Gasteiger partial charge in [-0.1, -0.05) is 35.8 Å². The summed E-state index contributed by atoms with van der Waals surface area (Å²) in [5.74, 6) is -1.41. The maximum absolute atomic E-state index is 14.1. The highest BCUT2D eigenvalue weighted by Gasteiger charge is 2.37. The van der Waals surface area contributed by atoms with Crippen LogP contribution in [-0.4, -0.2) is 91.0 Å². The van der Waals surface area contributed by atoms with E-state index >= 15 is 0 Å². The molecule has 256 valence electrons. The number of hydrogen-bond acceptors (Lipinski definition) is 12. The van der Waals surface area contributed by atoms with E-state index < -0.39 is 41.5 Å². The zero-order valence-electron chi connectivity index (χ0n) is 27.3. The van der Waals surface area contributed by atoms with Crippen molar-refractivity contribution in [1.29, 1.82) is 0 Å². The molecular weight excluding hydrogens is 697 g/mol. The Balaban J connectivity index is 1.61. The quantitative estimate of drug-likeness (QED) is 0.245. The minimum atomic E-state index is -0.923. The number of amides is 1. The van der Waals surface area contributed by atoms with Crippen LogP contribution in [0.2, 0.25) is 0 Å². The molecule has 15 heteroatoms. The van der Waals surface area contributed by atoms with Crippen LogP contribution in [0.4, 0.5) is 9.18 Å². The fourth-order valence-electron chi connectivity index (χ4n) is 5.02. The number of alkyl carbamates (subject to hydrolysis) is 1. The van der Waals surface area contributed by atoms with E-state index in [1.54, 1.807) is 53.8 Å². The van der Waals surface area contributed by atoms with Crippen molar-refractivity contribution in [2.45, 2.75) is 65.3 Å². The predicted molar refractivity (Wildman–Crippen MR) is 177 cm³/mol. The number of carbonyl (C=O) groups is 3. The van der Waals surface area contributed by atoms with Crippen LogP contribution < -0.4 is 10.6 Å². The van der Waals surface area contributed by atoms with Crippen molar-refractivity contribution in [2.24, 2.45) is 10.9 Å². The highest BCUT2D eigenvalue weighted by Crippen LogP contribution is 2.37. The standard InChI is InChI=1S/C32H41BrFN5O7S/c1-7-44-29(40)24-23(36-27(28-35-10-13-47-28)37-26(24)21-9-8-19(34)14-22(21)33)15-39-11-12-43-16-20(39)17-45-30(41)25(18(2)3)38-31(42)46-32(4,5)6/h8-10,13-14,18,20,25-26H,7,11-12,15-17H2,1-6H3,(H,36,37)(H,38,42)/t20-,25-,26?/m0/s1. The zero-order valence-corrected chi connectivity index (χ0v) is 29.7. The van der Waals surface area contributed by atoms with E-state index in [9.17, 15) is 18.8 Å². The van der Waals surface area contributed by atoms with Gasteiger partial charge in [-0.25, -0.2) is 23.8 Å². The lowest BCUT2D eigenvalue weighted by atomic mass is 9.95. The van der Waals surface area contributed by atoms with Crippen molar-refractivity contribution in [3.05, 3.63) is 61.9 Å². The van der Waals surface area contributed by atoms with Gasteiger partial charge < -0.3 is 29.6 Å². The van der Waals surface area contributed by atoms with E-state index in [1.165, 1.54) is 23.5 Å². The maximum Gasteiger partial charge on any atom is 0.408 e. The van der Waals surface area contributed by atoms with Gasteiger partial charge in [0.2, 0.25) is 0 Å². The lowest BCUT2D eigenvalue weighted by Gasteiger charge is -2.37. The fraction of sp³-hybridized carbons (Fsp3) is 0.531. The number of thiazole rings is 1. The Hall–Kier alpha value is -3.40. The fourth-order valence-corrected chi connectivity index (χ4v) is 6.18. The lowest BCUT2D eigenvalue weighted by Crippen LogP contribution is -2.52. The minimum Gasteiger partial charge on any atom is -0.463 e. The summed E-state index contributed by atoms with van der Waals surface area (Å²) >= 11 is 4.83. The van der Waals surface area contributed by atoms with Crippen LogP contribution in [0.15, 0.2) is 50.5 Å². The van der Waals surface area contributed by atoms with Crippen LogP contribution in [0.5, 0.6) is 0 Å². The number of hydrogen-bond donors (Lipinski definition) is 2. The summed E-state index contributed by atoms with van der Waals surface area (Å²) in [6, 6.07) is 2.10. The molecule has 1 fully saturated rings. The maximum atomic E-state index is 14.1. The van der Waals surface area contributed by atoms with Gasteiger partial charge >= 0.3 is 18.0 Å². The number of benzene rings is 1. The molecule has 0 saturated carbocycles. The van der Waals surface area contributed by atoms with Crippen LogP contribution in [0, 0.1) is 11.7 Å². The number of carbonyl (C=O) groups excluding carboxylic acids is 3. The van der Waals surface area contributed by atoms with Crippen LogP contribution in [-0.2, 0) is 28.5 Å². The minimum absolute atomic E-state index is 0.0273.